The summed E-state index contributed by atoms with van der Waals surface area (Å²) in [6.07, 6.45) is 0.591. The number of carbonyl (C=O) groups excluding carboxylic acids is 1. The van der Waals surface area contributed by atoms with Gasteiger partial charge in [0.2, 0.25) is 0 Å². The first-order valence-corrected chi connectivity index (χ1v) is 3.94. The summed E-state index contributed by atoms with van der Waals surface area (Å²) in [5, 5.41) is 9.53. The van der Waals surface area contributed by atoms with Gasteiger partial charge in [-0.3, -0.25) is 4.79 Å². The molecule has 1 heterocycles. The minimum Gasteiger partial charge on any atom is -0.469 e. The first-order chi connectivity index (χ1) is 6.15. The fourth-order valence-electron chi connectivity index (χ4n) is 1.09. The fourth-order valence-corrected chi connectivity index (χ4v) is 1.09. The van der Waals surface area contributed by atoms with Crippen molar-refractivity contribution in [2.45, 2.75) is 19.4 Å². The molecule has 1 aromatic rings. The van der Waals surface area contributed by atoms with E-state index in [-0.39, 0.29) is 6.42 Å². The summed E-state index contributed by atoms with van der Waals surface area (Å²) in [5.41, 5.74) is 0.630. The van der Waals surface area contributed by atoms with E-state index in [0.717, 1.165) is 0 Å². The Bertz CT molecular complexity index is 290. The molecular formula is C9H12O4. The molecule has 0 amide bonds. The average molecular weight is 184 g/mol. The number of aliphatic hydroxyl groups excluding tert-OH is 1. The van der Waals surface area contributed by atoms with E-state index < -0.39 is 12.1 Å². The van der Waals surface area contributed by atoms with Crippen LogP contribution in [-0.2, 0) is 9.53 Å². The number of hydrogen-bond donors (Lipinski definition) is 1. The smallest absolute Gasteiger partial charge is 0.308 e. The summed E-state index contributed by atoms with van der Waals surface area (Å²) < 4.78 is 9.42. The summed E-state index contributed by atoms with van der Waals surface area (Å²) in [7, 11) is 1.29. The summed E-state index contributed by atoms with van der Waals surface area (Å²) in [4.78, 5) is 10.8. The number of furan rings is 1. The van der Waals surface area contributed by atoms with E-state index >= 15 is 0 Å². The normalized spacial score (nSPS) is 12.5. The molecule has 13 heavy (non-hydrogen) atoms. The number of hydrogen-bond acceptors (Lipinski definition) is 4. The lowest BCUT2D eigenvalue weighted by Gasteiger charge is -2.07. The number of methoxy groups -OCH3 is 1. The SMILES string of the molecule is COC(=O)CC(O)c1ccoc1C. The summed E-state index contributed by atoms with van der Waals surface area (Å²) >= 11 is 0. The maximum Gasteiger partial charge on any atom is 0.308 e. The number of aliphatic hydroxyl groups is 1. The Morgan fingerprint density at radius 2 is 2.46 bits per heavy atom. The van der Waals surface area contributed by atoms with Gasteiger partial charge in [-0.05, 0) is 13.0 Å². The summed E-state index contributed by atoms with van der Waals surface area (Å²) in [5.74, 6) is 0.185. The van der Waals surface area contributed by atoms with Gasteiger partial charge in [-0.15, -0.1) is 0 Å². The number of ether oxygens (including phenoxy) is 1. The Hall–Kier alpha value is -1.29. The van der Waals surface area contributed by atoms with Gasteiger partial charge < -0.3 is 14.3 Å². The minimum absolute atomic E-state index is 0.0448. The third-order valence-corrected chi connectivity index (χ3v) is 1.85. The van der Waals surface area contributed by atoms with E-state index in [2.05, 4.69) is 4.74 Å². The Kier molecular flexibility index (Phi) is 3.08. The molecule has 0 radical (unpaired) electrons. The quantitative estimate of drug-likeness (QED) is 0.716. The second-order valence-corrected chi connectivity index (χ2v) is 2.73. The average Bonchev–Trinajstić information content (AvgIpc) is 2.51. The molecule has 1 rings (SSSR count). The Labute approximate surface area is 76.1 Å². The van der Waals surface area contributed by atoms with Crippen molar-refractivity contribution >= 4 is 5.97 Å². The van der Waals surface area contributed by atoms with Crippen LogP contribution >= 0.6 is 0 Å². The van der Waals surface area contributed by atoms with E-state index in [9.17, 15) is 9.90 Å². The van der Waals surface area contributed by atoms with Crippen LogP contribution in [0.2, 0.25) is 0 Å². The zero-order valence-corrected chi connectivity index (χ0v) is 7.61. The lowest BCUT2D eigenvalue weighted by atomic mass is 10.1. The number of carbonyl (C=O) groups is 1. The van der Waals surface area contributed by atoms with Crippen LogP contribution < -0.4 is 0 Å². The molecule has 1 unspecified atom stereocenters. The van der Waals surface area contributed by atoms with Crippen LogP contribution in [0.15, 0.2) is 16.7 Å². The van der Waals surface area contributed by atoms with Crippen molar-refractivity contribution in [2.75, 3.05) is 7.11 Å². The molecule has 72 valence electrons. The fraction of sp³-hybridized carbons (Fsp3) is 0.444. The highest BCUT2D eigenvalue weighted by molar-refractivity contribution is 5.70. The zero-order valence-electron chi connectivity index (χ0n) is 7.61. The molecule has 0 spiro atoms. The van der Waals surface area contributed by atoms with Crippen LogP contribution in [0.4, 0.5) is 0 Å². The first kappa shape index (κ1) is 9.80. The van der Waals surface area contributed by atoms with Crippen molar-refractivity contribution < 1.29 is 19.1 Å². The highest BCUT2D eigenvalue weighted by atomic mass is 16.5. The molecule has 1 atom stereocenters. The predicted molar refractivity (Wildman–Crippen MR) is 45.0 cm³/mol. The molecule has 0 saturated heterocycles. The molecule has 0 aromatic carbocycles. The molecular weight excluding hydrogens is 172 g/mol. The third kappa shape index (κ3) is 2.32. The molecule has 4 heteroatoms. The molecule has 0 saturated carbocycles. The largest absolute Gasteiger partial charge is 0.469 e. The van der Waals surface area contributed by atoms with E-state index in [1.807, 2.05) is 0 Å². The van der Waals surface area contributed by atoms with Gasteiger partial charge in [-0.25, -0.2) is 0 Å². The molecule has 1 aromatic heterocycles. The van der Waals surface area contributed by atoms with Gasteiger partial charge in [0.25, 0.3) is 0 Å². The standard InChI is InChI=1S/C9H12O4/c1-6-7(3-4-13-6)8(10)5-9(11)12-2/h3-4,8,10H,5H2,1-2H3. The van der Waals surface area contributed by atoms with Gasteiger partial charge >= 0.3 is 5.97 Å². The van der Waals surface area contributed by atoms with Gasteiger partial charge in [0, 0.05) is 5.56 Å². The molecule has 1 N–H and O–H groups in total. The summed E-state index contributed by atoms with van der Waals surface area (Å²) in [6, 6.07) is 1.64. The number of rotatable bonds is 3. The Morgan fingerprint density at radius 1 is 1.77 bits per heavy atom. The topological polar surface area (TPSA) is 59.7 Å². The van der Waals surface area contributed by atoms with Gasteiger partial charge in [0.15, 0.2) is 0 Å². The minimum atomic E-state index is -0.841. The molecule has 0 aliphatic heterocycles. The Morgan fingerprint density at radius 3 is 2.92 bits per heavy atom. The Balaban J connectivity index is 2.63. The van der Waals surface area contributed by atoms with Gasteiger partial charge in [-0.2, -0.15) is 0 Å². The molecule has 0 bridgehead atoms. The van der Waals surface area contributed by atoms with Crippen LogP contribution in [0.25, 0.3) is 0 Å². The van der Waals surface area contributed by atoms with Crippen LogP contribution in [0, 0.1) is 6.92 Å². The van der Waals surface area contributed by atoms with Gasteiger partial charge in [-0.1, -0.05) is 0 Å². The van der Waals surface area contributed by atoms with Crippen molar-refractivity contribution in [1.29, 1.82) is 0 Å². The molecule has 4 nitrogen and oxygen atoms in total. The number of esters is 1. The first-order valence-electron chi connectivity index (χ1n) is 3.94. The highest BCUT2D eigenvalue weighted by Crippen LogP contribution is 2.21. The maximum atomic E-state index is 10.8. The van der Waals surface area contributed by atoms with E-state index in [0.29, 0.717) is 11.3 Å². The van der Waals surface area contributed by atoms with Crippen LogP contribution in [-0.4, -0.2) is 18.2 Å². The summed E-state index contributed by atoms with van der Waals surface area (Å²) in [6.45, 7) is 1.73. The zero-order chi connectivity index (χ0) is 9.84. The lowest BCUT2D eigenvalue weighted by molar-refractivity contribution is -0.142. The molecule has 0 aliphatic rings. The highest BCUT2D eigenvalue weighted by Gasteiger charge is 2.16. The van der Waals surface area contributed by atoms with Crippen molar-refractivity contribution in [3.63, 3.8) is 0 Å². The number of aryl methyl sites for hydroxylation is 1. The molecule has 0 fully saturated rings. The van der Waals surface area contributed by atoms with E-state index in [4.69, 9.17) is 4.42 Å². The molecule has 0 aliphatic carbocycles. The van der Waals surface area contributed by atoms with Crippen LogP contribution in [0.1, 0.15) is 23.8 Å². The van der Waals surface area contributed by atoms with E-state index in [1.165, 1.54) is 13.4 Å². The van der Waals surface area contributed by atoms with Gasteiger partial charge in [0.1, 0.15) is 5.76 Å². The lowest BCUT2D eigenvalue weighted by Crippen LogP contribution is -2.08. The van der Waals surface area contributed by atoms with Crippen LogP contribution in [0.5, 0.6) is 0 Å². The van der Waals surface area contributed by atoms with Crippen molar-refractivity contribution in [2.24, 2.45) is 0 Å². The van der Waals surface area contributed by atoms with Gasteiger partial charge in [0.05, 0.1) is 25.9 Å². The maximum absolute atomic E-state index is 10.8. The van der Waals surface area contributed by atoms with Crippen LogP contribution in [0.3, 0.4) is 0 Å². The second kappa shape index (κ2) is 4.09. The van der Waals surface area contributed by atoms with Crippen molar-refractivity contribution in [1.82, 2.24) is 0 Å². The second-order valence-electron chi connectivity index (χ2n) is 2.73. The monoisotopic (exact) mass is 184 g/mol. The van der Waals surface area contributed by atoms with Crippen molar-refractivity contribution in [3.8, 4) is 0 Å². The van der Waals surface area contributed by atoms with E-state index in [1.54, 1.807) is 13.0 Å². The predicted octanol–water partition coefficient (Wildman–Crippen LogP) is 1.18. The van der Waals surface area contributed by atoms with Crippen molar-refractivity contribution in [3.05, 3.63) is 23.7 Å². The third-order valence-electron chi connectivity index (χ3n) is 1.85.